The molecule has 0 saturated carbocycles. The first kappa shape index (κ1) is 18.1. The molecule has 2 heterocycles. The molecule has 0 fully saturated rings. The molecule has 1 aliphatic heterocycles. The average molecular weight is 379 g/mol. The van der Waals surface area contributed by atoms with Crippen molar-refractivity contribution in [3.63, 3.8) is 0 Å². The fourth-order valence-electron chi connectivity index (χ4n) is 3.01. The number of carbonyl (C=O) groups is 1. The number of rotatable bonds is 4. The van der Waals surface area contributed by atoms with Crippen molar-refractivity contribution in [1.29, 1.82) is 0 Å². The molecule has 0 unspecified atom stereocenters. The van der Waals surface area contributed by atoms with E-state index < -0.39 is 9.84 Å². The van der Waals surface area contributed by atoms with Crippen LogP contribution in [0.4, 0.5) is 5.69 Å². The minimum atomic E-state index is -3.25. The molecule has 1 aromatic carbocycles. The SMILES string of the molecule is CC(C)Cc1nc(C(=O)N2CCCc3cc(S(C)(=O)=O)ccc32)cs1. The Balaban J connectivity index is 1.90. The number of aromatic nitrogens is 1. The van der Waals surface area contributed by atoms with Gasteiger partial charge in [0.25, 0.3) is 5.91 Å². The second kappa shape index (κ2) is 6.88. The van der Waals surface area contributed by atoms with Crippen LogP contribution in [-0.2, 0) is 22.7 Å². The summed E-state index contributed by atoms with van der Waals surface area (Å²) in [4.78, 5) is 19.4. The van der Waals surface area contributed by atoms with Gasteiger partial charge in [0.15, 0.2) is 9.84 Å². The maximum Gasteiger partial charge on any atom is 0.277 e. The number of anilines is 1. The minimum Gasteiger partial charge on any atom is -0.307 e. The van der Waals surface area contributed by atoms with Crippen molar-refractivity contribution in [1.82, 2.24) is 4.98 Å². The van der Waals surface area contributed by atoms with Crippen molar-refractivity contribution in [2.45, 2.75) is 38.0 Å². The van der Waals surface area contributed by atoms with Crippen LogP contribution in [0.5, 0.6) is 0 Å². The van der Waals surface area contributed by atoms with Gasteiger partial charge in [0.2, 0.25) is 0 Å². The van der Waals surface area contributed by atoms with Crippen LogP contribution in [0.25, 0.3) is 0 Å². The van der Waals surface area contributed by atoms with Crippen LogP contribution in [0.2, 0.25) is 0 Å². The molecule has 0 aliphatic carbocycles. The van der Waals surface area contributed by atoms with Gasteiger partial charge in [-0.15, -0.1) is 11.3 Å². The van der Waals surface area contributed by atoms with Crippen LogP contribution >= 0.6 is 11.3 Å². The van der Waals surface area contributed by atoms with Gasteiger partial charge in [-0.25, -0.2) is 13.4 Å². The number of aryl methyl sites for hydroxylation is 1. The molecule has 0 atom stereocenters. The van der Waals surface area contributed by atoms with E-state index in [9.17, 15) is 13.2 Å². The summed E-state index contributed by atoms with van der Waals surface area (Å²) in [5.74, 6) is 0.388. The maximum absolute atomic E-state index is 12.9. The van der Waals surface area contributed by atoms with E-state index in [1.54, 1.807) is 23.1 Å². The highest BCUT2D eigenvalue weighted by molar-refractivity contribution is 7.90. The molecule has 1 amide bonds. The lowest BCUT2D eigenvalue weighted by Gasteiger charge is -2.29. The lowest BCUT2D eigenvalue weighted by Crippen LogP contribution is -2.35. The van der Waals surface area contributed by atoms with Crippen molar-refractivity contribution in [2.24, 2.45) is 5.92 Å². The summed E-state index contributed by atoms with van der Waals surface area (Å²) in [5, 5.41) is 2.79. The molecule has 2 aromatic rings. The summed E-state index contributed by atoms with van der Waals surface area (Å²) in [5.41, 5.74) is 2.17. The predicted octanol–water partition coefficient (Wildman–Crippen LogP) is 3.34. The molecular formula is C18H22N2O3S2. The highest BCUT2D eigenvalue weighted by atomic mass is 32.2. The molecule has 1 aromatic heterocycles. The van der Waals surface area contributed by atoms with Gasteiger partial charge in [0.1, 0.15) is 5.69 Å². The second-order valence-corrected chi connectivity index (χ2v) is 9.81. The quantitative estimate of drug-likeness (QED) is 0.818. The summed E-state index contributed by atoms with van der Waals surface area (Å²) in [6.45, 7) is 4.88. The highest BCUT2D eigenvalue weighted by Gasteiger charge is 2.26. The Bertz CT molecular complexity index is 901. The number of hydrogen-bond acceptors (Lipinski definition) is 5. The van der Waals surface area contributed by atoms with E-state index in [1.165, 1.54) is 17.6 Å². The molecule has 25 heavy (non-hydrogen) atoms. The molecule has 7 heteroatoms. The number of hydrogen-bond donors (Lipinski definition) is 0. The van der Waals surface area contributed by atoms with Gasteiger partial charge >= 0.3 is 0 Å². The third-order valence-electron chi connectivity index (χ3n) is 4.20. The Morgan fingerprint density at radius 1 is 1.36 bits per heavy atom. The van der Waals surface area contributed by atoms with E-state index in [0.29, 0.717) is 23.1 Å². The summed E-state index contributed by atoms with van der Waals surface area (Å²) in [6, 6.07) is 5.00. The monoisotopic (exact) mass is 378 g/mol. The topological polar surface area (TPSA) is 67.3 Å². The third-order valence-corrected chi connectivity index (χ3v) is 6.18. The minimum absolute atomic E-state index is 0.112. The normalized spacial score (nSPS) is 14.6. The number of carbonyl (C=O) groups excluding carboxylic acids is 1. The van der Waals surface area contributed by atoms with Crippen LogP contribution in [0.15, 0.2) is 28.5 Å². The summed E-state index contributed by atoms with van der Waals surface area (Å²) >= 11 is 1.52. The lowest BCUT2D eigenvalue weighted by atomic mass is 10.0. The zero-order valence-corrected chi connectivity index (χ0v) is 16.3. The fourth-order valence-corrected chi connectivity index (χ4v) is 4.66. The van der Waals surface area contributed by atoms with Crippen LogP contribution in [0.1, 0.15) is 41.3 Å². The Morgan fingerprint density at radius 3 is 2.80 bits per heavy atom. The van der Waals surface area contributed by atoms with Gasteiger partial charge in [0.05, 0.1) is 9.90 Å². The van der Waals surface area contributed by atoms with Crippen LogP contribution in [0, 0.1) is 5.92 Å². The molecular weight excluding hydrogens is 356 g/mol. The van der Waals surface area contributed by atoms with E-state index in [-0.39, 0.29) is 5.91 Å². The van der Waals surface area contributed by atoms with Crippen molar-refractivity contribution < 1.29 is 13.2 Å². The van der Waals surface area contributed by atoms with E-state index >= 15 is 0 Å². The summed E-state index contributed by atoms with van der Waals surface area (Å²) < 4.78 is 23.5. The molecule has 0 radical (unpaired) electrons. The van der Waals surface area contributed by atoms with E-state index in [4.69, 9.17) is 0 Å². The van der Waals surface area contributed by atoms with Crippen molar-refractivity contribution in [3.05, 3.63) is 39.8 Å². The van der Waals surface area contributed by atoms with E-state index in [0.717, 1.165) is 35.5 Å². The number of thiazole rings is 1. The molecule has 1 aliphatic rings. The Hall–Kier alpha value is -1.73. The smallest absolute Gasteiger partial charge is 0.277 e. The lowest BCUT2D eigenvalue weighted by molar-refractivity contribution is 0.0980. The third kappa shape index (κ3) is 3.93. The van der Waals surface area contributed by atoms with Gasteiger partial charge in [-0.3, -0.25) is 4.79 Å². The number of fused-ring (bicyclic) bond motifs is 1. The molecule has 0 spiro atoms. The summed E-state index contributed by atoms with van der Waals surface area (Å²) in [7, 11) is -3.25. The number of amides is 1. The van der Waals surface area contributed by atoms with Gasteiger partial charge in [-0.1, -0.05) is 13.8 Å². The fraction of sp³-hybridized carbons (Fsp3) is 0.444. The largest absolute Gasteiger partial charge is 0.307 e. The Labute approximate surface area is 152 Å². The van der Waals surface area contributed by atoms with E-state index in [2.05, 4.69) is 18.8 Å². The number of sulfone groups is 1. The van der Waals surface area contributed by atoms with Crippen molar-refractivity contribution in [2.75, 3.05) is 17.7 Å². The van der Waals surface area contributed by atoms with Gasteiger partial charge in [-0.2, -0.15) is 0 Å². The molecule has 0 N–H and O–H groups in total. The van der Waals surface area contributed by atoms with Crippen molar-refractivity contribution in [3.8, 4) is 0 Å². The predicted molar refractivity (Wildman–Crippen MR) is 100 cm³/mol. The molecule has 3 rings (SSSR count). The number of nitrogens with zero attached hydrogens (tertiary/aromatic N) is 2. The Kier molecular flexibility index (Phi) is 4.97. The standard InChI is InChI=1S/C18H22N2O3S2/c1-12(2)9-17-19-15(11-24-17)18(21)20-8-4-5-13-10-14(25(3,22)23)6-7-16(13)20/h6-7,10-12H,4-5,8-9H2,1-3H3. The average Bonchev–Trinajstić information content (AvgIpc) is 3.00. The molecule has 0 bridgehead atoms. The number of benzene rings is 1. The maximum atomic E-state index is 12.9. The van der Waals surface area contributed by atoms with Gasteiger partial charge in [-0.05, 0) is 42.5 Å². The molecule has 5 nitrogen and oxygen atoms in total. The van der Waals surface area contributed by atoms with Crippen LogP contribution < -0.4 is 4.90 Å². The van der Waals surface area contributed by atoms with E-state index in [1.807, 2.05) is 5.38 Å². The first-order chi connectivity index (χ1) is 11.8. The first-order valence-electron chi connectivity index (χ1n) is 8.35. The van der Waals surface area contributed by atoms with Gasteiger partial charge in [0, 0.05) is 30.3 Å². The Morgan fingerprint density at radius 2 is 2.12 bits per heavy atom. The second-order valence-electron chi connectivity index (χ2n) is 6.85. The van der Waals surface area contributed by atoms with Gasteiger partial charge < -0.3 is 4.90 Å². The van der Waals surface area contributed by atoms with Crippen LogP contribution in [0.3, 0.4) is 0 Å². The summed E-state index contributed by atoms with van der Waals surface area (Å²) in [6.07, 6.45) is 3.66. The molecule has 0 saturated heterocycles. The first-order valence-corrected chi connectivity index (χ1v) is 11.1. The molecule has 134 valence electrons. The zero-order chi connectivity index (χ0) is 18.2. The highest BCUT2D eigenvalue weighted by Crippen LogP contribution is 2.31. The van der Waals surface area contributed by atoms with Crippen molar-refractivity contribution >= 4 is 32.8 Å². The zero-order valence-electron chi connectivity index (χ0n) is 14.7. The van der Waals surface area contributed by atoms with Crippen LogP contribution in [-0.4, -0.2) is 32.1 Å².